The maximum Gasteiger partial charge on any atom is 0.125 e. The lowest BCUT2D eigenvalue weighted by atomic mass is 10.0. The lowest BCUT2D eigenvalue weighted by Crippen LogP contribution is -2.03. The van der Waals surface area contributed by atoms with Crippen molar-refractivity contribution in [2.24, 2.45) is 0 Å². The smallest absolute Gasteiger partial charge is 0.125 e. The van der Waals surface area contributed by atoms with Crippen molar-refractivity contribution in [1.82, 2.24) is 4.98 Å². The fourth-order valence-corrected chi connectivity index (χ4v) is 1.64. The van der Waals surface area contributed by atoms with Gasteiger partial charge < -0.3 is 9.84 Å². The average Bonchev–Trinajstić information content (AvgIpc) is 2.39. The highest BCUT2D eigenvalue weighted by molar-refractivity contribution is 5.39. The van der Waals surface area contributed by atoms with Crippen LogP contribution in [0.2, 0.25) is 0 Å². The summed E-state index contributed by atoms with van der Waals surface area (Å²) in [4.78, 5) is 3.91. The molecule has 0 spiro atoms. The summed E-state index contributed by atoms with van der Waals surface area (Å²) in [6.45, 7) is 0. The minimum Gasteiger partial charge on any atom is -0.496 e. The van der Waals surface area contributed by atoms with Gasteiger partial charge in [0.1, 0.15) is 17.7 Å². The Morgan fingerprint density at radius 3 is 2.82 bits per heavy atom. The van der Waals surface area contributed by atoms with Crippen molar-refractivity contribution in [1.29, 1.82) is 0 Å². The quantitative estimate of drug-likeness (QED) is 0.884. The van der Waals surface area contributed by atoms with Crippen LogP contribution in [0.15, 0.2) is 42.7 Å². The third-order valence-electron chi connectivity index (χ3n) is 2.49. The zero-order valence-electron chi connectivity index (χ0n) is 9.30. The van der Waals surface area contributed by atoms with Crippen molar-refractivity contribution in [2.75, 3.05) is 7.11 Å². The predicted molar refractivity (Wildman–Crippen MR) is 61.3 cm³/mol. The van der Waals surface area contributed by atoms with Crippen LogP contribution in [0.3, 0.4) is 0 Å². The van der Waals surface area contributed by atoms with Gasteiger partial charge in [0.15, 0.2) is 0 Å². The van der Waals surface area contributed by atoms with Crippen molar-refractivity contribution < 1.29 is 14.2 Å². The highest BCUT2D eigenvalue weighted by atomic mass is 19.1. The van der Waals surface area contributed by atoms with Crippen LogP contribution >= 0.6 is 0 Å². The summed E-state index contributed by atoms with van der Waals surface area (Å²) in [6, 6.07) is 7.48. The normalized spacial score (nSPS) is 12.2. The molecular weight excluding hydrogens is 221 g/mol. The van der Waals surface area contributed by atoms with Gasteiger partial charge in [-0.3, -0.25) is 4.98 Å². The Balaban J connectivity index is 2.43. The van der Waals surface area contributed by atoms with E-state index in [1.165, 1.54) is 31.5 Å². The van der Waals surface area contributed by atoms with Crippen LogP contribution in [0.1, 0.15) is 17.2 Å². The minimum atomic E-state index is -0.950. The van der Waals surface area contributed by atoms with Crippen LogP contribution in [0, 0.1) is 5.82 Å². The molecule has 0 amide bonds. The molecule has 0 aliphatic heterocycles. The second-order valence-corrected chi connectivity index (χ2v) is 3.58. The van der Waals surface area contributed by atoms with Gasteiger partial charge in [-0.05, 0) is 24.3 Å². The van der Waals surface area contributed by atoms with Crippen molar-refractivity contribution in [3.8, 4) is 5.75 Å². The fourth-order valence-electron chi connectivity index (χ4n) is 1.64. The highest BCUT2D eigenvalue weighted by Gasteiger charge is 2.16. The molecule has 2 rings (SSSR count). The van der Waals surface area contributed by atoms with E-state index in [0.29, 0.717) is 16.9 Å². The van der Waals surface area contributed by atoms with Gasteiger partial charge in [0.2, 0.25) is 0 Å². The van der Waals surface area contributed by atoms with E-state index in [-0.39, 0.29) is 0 Å². The van der Waals surface area contributed by atoms with E-state index < -0.39 is 11.9 Å². The van der Waals surface area contributed by atoms with E-state index in [1.807, 2.05) is 0 Å². The van der Waals surface area contributed by atoms with Crippen LogP contribution in [0.5, 0.6) is 5.75 Å². The topological polar surface area (TPSA) is 42.4 Å². The van der Waals surface area contributed by atoms with Crippen molar-refractivity contribution >= 4 is 0 Å². The second-order valence-electron chi connectivity index (χ2n) is 3.58. The molecule has 1 heterocycles. The Morgan fingerprint density at radius 1 is 1.35 bits per heavy atom. The summed E-state index contributed by atoms with van der Waals surface area (Å²) in [7, 11) is 1.48. The lowest BCUT2D eigenvalue weighted by molar-refractivity contribution is 0.213. The van der Waals surface area contributed by atoms with Gasteiger partial charge >= 0.3 is 0 Å². The van der Waals surface area contributed by atoms with Crippen LogP contribution in [0.4, 0.5) is 4.39 Å². The summed E-state index contributed by atoms with van der Waals surface area (Å²) < 4.78 is 18.3. The van der Waals surface area contributed by atoms with Crippen molar-refractivity contribution in [2.45, 2.75) is 6.10 Å². The Morgan fingerprint density at radius 2 is 2.18 bits per heavy atom. The van der Waals surface area contributed by atoms with Crippen LogP contribution in [0.25, 0.3) is 0 Å². The third-order valence-corrected chi connectivity index (χ3v) is 2.49. The first-order valence-electron chi connectivity index (χ1n) is 5.14. The van der Waals surface area contributed by atoms with Gasteiger partial charge in [-0.1, -0.05) is 6.07 Å². The first-order valence-corrected chi connectivity index (χ1v) is 5.14. The van der Waals surface area contributed by atoms with Gasteiger partial charge in [-0.2, -0.15) is 0 Å². The molecule has 1 N–H and O–H groups in total. The maximum absolute atomic E-state index is 13.2. The summed E-state index contributed by atoms with van der Waals surface area (Å²) in [5, 5.41) is 10.1. The molecule has 4 heteroatoms. The van der Waals surface area contributed by atoms with Crippen LogP contribution in [-0.4, -0.2) is 17.2 Å². The van der Waals surface area contributed by atoms with Crippen molar-refractivity contribution in [3.63, 3.8) is 0 Å². The number of halogens is 1. The van der Waals surface area contributed by atoms with Crippen molar-refractivity contribution in [3.05, 3.63) is 59.7 Å². The fraction of sp³-hybridized carbons (Fsp3) is 0.154. The molecule has 0 aliphatic rings. The number of aliphatic hydroxyl groups is 1. The number of benzene rings is 1. The molecule has 1 atom stereocenters. The van der Waals surface area contributed by atoms with E-state index in [2.05, 4.69) is 4.98 Å². The summed E-state index contributed by atoms with van der Waals surface area (Å²) >= 11 is 0. The van der Waals surface area contributed by atoms with E-state index in [0.717, 1.165) is 0 Å². The molecule has 0 saturated carbocycles. The molecule has 0 bridgehead atoms. The molecule has 0 aliphatic carbocycles. The Bertz CT molecular complexity index is 502. The number of hydrogen-bond donors (Lipinski definition) is 1. The lowest BCUT2D eigenvalue weighted by Gasteiger charge is -2.14. The van der Waals surface area contributed by atoms with E-state index >= 15 is 0 Å². The molecule has 0 fully saturated rings. The molecule has 1 aromatic carbocycles. The predicted octanol–water partition coefficient (Wildman–Crippen LogP) is 2.31. The van der Waals surface area contributed by atoms with Crippen LogP contribution < -0.4 is 4.74 Å². The van der Waals surface area contributed by atoms with Gasteiger partial charge in [-0.15, -0.1) is 0 Å². The van der Waals surface area contributed by atoms with Gasteiger partial charge in [0.05, 0.1) is 7.11 Å². The average molecular weight is 233 g/mol. The molecule has 3 nitrogen and oxygen atoms in total. The molecule has 1 unspecified atom stereocenters. The summed E-state index contributed by atoms with van der Waals surface area (Å²) in [6.07, 6.45) is 2.20. The van der Waals surface area contributed by atoms with E-state index in [1.54, 1.807) is 18.3 Å². The molecule has 17 heavy (non-hydrogen) atoms. The largest absolute Gasteiger partial charge is 0.496 e. The molecular formula is C13H12FNO2. The van der Waals surface area contributed by atoms with E-state index in [4.69, 9.17) is 4.74 Å². The number of aromatic nitrogens is 1. The molecule has 1 aromatic heterocycles. The Kier molecular flexibility index (Phi) is 3.35. The maximum atomic E-state index is 13.2. The number of pyridine rings is 1. The van der Waals surface area contributed by atoms with E-state index in [9.17, 15) is 9.50 Å². The second kappa shape index (κ2) is 4.93. The molecule has 0 saturated heterocycles. The first-order chi connectivity index (χ1) is 8.22. The number of methoxy groups -OCH3 is 1. The SMILES string of the molecule is COc1ccc(F)cc1C(O)c1cccnc1. The van der Waals surface area contributed by atoms with Crippen LogP contribution in [-0.2, 0) is 0 Å². The van der Waals surface area contributed by atoms with Gasteiger partial charge in [-0.25, -0.2) is 4.39 Å². The Hall–Kier alpha value is -1.94. The summed E-state index contributed by atoms with van der Waals surface area (Å²) in [5.41, 5.74) is 0.983. The summed E-state index contributed by atoms with van der Waals surface area (Å²) in [5.74, 6) is 0.0338. The standard InChI is InChI=1S/C13H12FNO2/c1-17-12-5-4-10(14)7-11(12)13(16)9-3-2-6-15-8-9/h2-8,13,16H,1H3. The number of rotatable bonds is 3. The monoisotopic (exact) mass is 233 g/mol. The molecule has 0 radical (unpaired) electrons. The number of ether oxygens (including phenoxy) is 1. The minimum absolute atomic E-state index is 0.389. The van der Waals surface area contributed by atoms with Gasteiger partial charge in [0.25, 0.3) is 0 Å². The third kappa shape index (κ3) is 2.42. The first kappa shape index (κ1) is 11.5. The Labute approximate surface area is 98.5 Å². The highest BCUT2D eigenvalue weighted by Crippen LogP contribution is 2.30. The van der Waals surface area contributed by atoms with Gasteiger partial charge in [0, 0.05) is 23.5 Å². The molecule has 2 aromatic rings. The zero-order chi connectivity index (χ0) is 12.3. The number of aliphatic hydroxyl groups excluding tert-OH is 1. The number of hydrogen-bond acceptors (Lipinski definition) is 3. The zero-order valence-corrected chi connectivity index (χ0v) is 9.30. The molecule has 88 valence electrons. The number of nitrogens with zero attached hydrogens (tertiary/aromatic N) is 1.